The largest absolute Gasteiger partial charge is 0.310 e. The van der Waals surface area contributed by atoms with Crippen LogP contribution in [0.3, 0.4) is 0 Å². The number of fused-ring (bicyclic) bond motifs is 1. The summed E-state index contributed by atoms with van der Waals surface area (Å²) in [6.45, 7) is 12.6. The monoisotopic (exact) mass is 274 g/mol. The Balaban J connectivity index is 1.89. The normalized spacial score (nSPS) is 18.4. The Morgan fingerprint density at radius 1 is 1.15 bits per heavy atom. The minimum atomic E-state index is 0.253. The summed E-state index contributed by atoms with van der Waals surface area (Å²) >= 11 is 0. The molecule has 1 unspecified atom stereocenters. The Hall–Kier alpha value is -0.860. The molecule has 1 atom stereocenters. The van der Waals surface area contributed by atoms with Crippen molar-refractivity contribution in [1.82, 2.24) is 10.2 Å². The Bertz CT molecular complexity index is 398. The molecular formula is C18H30N2. The zero-order valence-corrected chi connectivity index (χ0v) is 13.6. The van der Waals surface area contributed by atoms with Crippen LogP contribution >= 0.6 is 0 Å². The van der Waals surface area contributed by atoms with Crippen LogP contribution in [0, 0.1) is 0 Å². The van der Waals surface area contributed by atoms with Crippen molar-refractivity contribution in [2.75, 3.05) is 19.6 Å². The summed E-state index contributed by atoms with van der Waals surface area (Å²) in [5, 5.41) is 3.71. The van der Waals surface area contributed by atoms with E-state index in [2.05, 4.69) is 62.2 Å². The second-order valence-electron chi connectivity index (χ2n) is 6.77. The lowest BCUT2D eigenvalue weighted by atomic mass is 10.0. The maximum absolute atomic E-state index is 3.71. The molecule has 1 aromatic carbocycles. The van der Waals surface area contributed by atoms with Crippen LogP contribution in [0.2, 0.25) is 0 Å². The van der Waals surface area contributed by atoms with Gasteiger partial charge in [-0.1, -0.05) is 31.2 Å². The van der Waals surface area contributed by atoms with Gasteiger partial charge in [-0.15, -0.1) is 0 Å². The molecule has 20 heavy (non-hydrogen) atoms. The van der Waals surface area contributed by atoms with Crippen LogP contribution in [0.15, 0.2) is 24.3 Å². The fourth-order valence-corrected chi connectivity index (χ4v) is 2.80. The topological polar surface area (TPSA) is 15.3 Å². The van der Waals surface area contributed by atoms with Gasteiger partial charge in [-0.05, 0) is 51.2 Å². The van der Waals surface area contributed by atoms with Gasteiger partial charge >= 0.3 is 0 Å². The van der Waals surface area contributed by atoms with Gasteiger partial charge in [0.15, 0.2) is 0 Å². The number of benzene rings is 1. The fourth-order valence-electron chi connectivity index (χ4n) is 2.80. The summed E-state index contributed by atoms with van der Waals surface area (Å²) < 4.78 is 0. The SMILES string of the molecule is CCC(C)(C)NCC(C)N1CCc2ccccc2CC1. The number of rotatable bonds is 5. The van der Waals surface area contributed by atoms with Gasteiger partial charge in [0.1, 0.15) is 0 Å². The smallest absolute Gasteiger partial charge is 0.0192 e. The standard InChI is InChI=1S/C18H30N2/c1-5-18(3,4)19-14-15(2)20-12-10-16-8-6-7-9-17(16)11-13-20/h6-9,15,19H,5,10-14H2,1-4H3. The van der Waals surface area contributed by atoms with Gasteiger partial charge in [-0.2, -0.15) is 0 Å². The molecule has 0 saturated carbocycles. The maximum atomic E-state index is 3.71. The highest BCUT2D eigenvalue weighted by atomic mass is 15.2. The molecule has 0 saturated heterocycles. The van der Waals surface area contributed by atoms with Crippen molar-refractivity contribution in [3.63, 3.8) is 0 Å². The number of hydrogen-bond donors (Lipinski definition) is 1. The average Bonchev–Trinajstić information content (AvgIpc) is 2.67. The molecule has 1 aliphatic heterocycles. The predicted molar refractivity (Wildman–Crippen MR) is 87.3 cm³/mol. The lowest BCUT2D eigenvalue weighted by molar-refractivity contribution is 0.199. The van der Waals surface area contributed by atoms with Crippen LogP contribution < -0.4 is 5.32 Å². The van der Waals surface area contributed by atoms with Crippen molar-refractivity contribution >= 4 is 0 Å². The van der Waals surface area contributed by atoms with E-state index >= 15 is 0 Å². The second-order valence-corrected chi connectivity index (χ2v) is 6.77. The summed E-state index contributed by atoms with van der Waals surface area (Å²) in [6, 6.07) is 9.53. The van der Waals surface area contributed by atoms with Crippen molar-refractivity contribution < 1.29 is 0 Å². The van der Waals surface area contributed by atoms with Crippen LogP contribution in [0.1, 0.15) is 45.2 Å². The molecule has 0 aliphatic carbocycles. The predicted octanol–water partition coefficient (Wildman–Crippen LogP) is 3.25. The third-order valence-electron chi connectivity index (χ3n) is 4.84. The van der Waals surface area contributed by atoms with Gasteiger partial charge in [-0.25, -0.2) is 0 Å². The highest BCUT2D eigenvalue weighted by Gasteiger charge is 2.20. The molecule has 0 aromatic heterocycles. The van der Waals surface area contributed by atoms with E-state index in [9.17, 15) is 0 Å². The van der Waals surface area contributed by atoms with Crippen LogP contribution in [0.5, 0.6) is 0 Å². The summed E-state index contributed by atoms with van der Waals surface area (Å²) in [7, 11) is 0. The summed E-state index contributed by atoms with van der Waals surface area (Å²) in [5.41, 5.74) is 3.34. The van der Waals surface area contributed by atoms with Gasteiger partial charge < -0.3 is 5.32 Å². The van der Waals surface area contributed by atoms with Crippen molar-refractivity contribution in [3.05, 3.63) is 35.4 Å². The zero-order valence-electron chi connectivity index (χ0n) is 13.6. The molecule has 0 spiro atoms. The van der Waals surface area contributed by atoms with Crippen molar-refractivity contribution in [1.29, 1.82) is 0 Å². The van der Waals surface area contributed by atoms with Gasteiger partial charge in [-0.3, -0.25) is 4.90 Å². The molecule has 2 heteroatoms. The third-order valence-corrected chi connectivity index (χ3v) is 4.84. The molecule has 2 nitrogen and oxygen atoms in total. The highest BCUT2D eigenvalue weighted by Crippen LogP contribution is 2.17. The van der Waals surface area contributed by atoms with Crippen LogP contribution in [0.25, 0.3) is 0 Å². The molecule has 0 radical (unpaired) electrons. The lowest BCUT2D eigenvalue weighted by Gasteiger charge is -2.32. The lowest BCUT2D eigenvalue weighted by Crippen LogP contribution is -2.48. The Labute approximate surface area is 124 Å². The van der Waals surface area contributed by atoms with Crippen LogP contribution in [0.4, 0.5) is 0 Å². The highest BCUT2D eigenvalue weighted by molar-refractivity contribution is 5.28. The van der Waals surface area contributed by atoms with E-state index in [1.807, 2.05) is 0 Å². The molecule has 2 rings (SSSR count). The van der Waals surface area contributed by atoms with E-state index in [0.29, 0.717) is 6.04 Å². The maximum Gasteiger partial charge on any atom is 0.0192 e. The Morgan fingerprint density at radius 3 is 2.20 bits per heavy atom. The van der Waals surface area contributed by atoms with Gasteiger partial charge in [0.05, 0.1) is 0 Å². The van der Waals surface area contributed by atoms with Crippen LogP contribution in [-0.2, 0) is 12.8 Å². The number of hydrogen-bond acceptors (Lipinski definition) is 2. The van der Waals surface area contributed by atoms with Gasteiger partial charge in [0.25, 0.3) is 0 Å². The Kier molecular flexibility index (Phi) is 5.22. The zero-order chi connectivity index (χ0) is 14.6. The van der Waals surface area contributed by atoms with Crippen LogP contribution in [-0.4, -0.2) is 36.1 Å². The summed E-state index contributed by atoms with van der Waals surface area (Å²) in [5.74, 6) is 0. The van der Waals surface area contributed by atoms with Gasteiger partial charge in [0.2, 0.25) is 0 Å². The van der Waals surface area contributed by atoms with E-state index in [4.69, 9.17) is 0 Å². The molecule has 0 fully saturated rings. The number of nitrogens with one attached hydrogen (secondary N) is 1. The van der Waals surface area contributed by atoms with E-state index < -0.39 is 0 Å². The van der Waals surface area contributed by atoms with E-state index in [0.717, 1.165) is 6.54 Å². The summed E-state index contributed by atoms with van der Waals surface area (Å²) in [6.07, 6.45) is 3.56. The quantitative estimate of drug-likeness (QED) is 0.886. The molecule has 0 bridgehead atoms. The fraction of sp³-hybridized carbons (Fsp3) is 0.667. The van der Waals surface area contributed by atoms with E-state index in [1.165, 1.54) is 32.4 Å². The molecular weight excluding hydrogens is 244 g/mol. The van der Waals surface area contributed by atoms with Crippen molar-refractivity contribution in [2.24, 2.45) is 0 Å². The number of nitrogens with zero attached hydrogens (tertiary/aromatic N) is 1. The molecule has 0 amide bonds. The van der Waals surface area contributed by atoms with Gasteiger partial charge in [0, 0.05) is 31.2 Å². The molecule has 1 aromatic rings. The molecule has 112 valence electrons. The molecule has 1 N–H and O–H groups in total. The van der Waals surface area contributed by atoms with E-state index in [-0.39, 0.29) is 5.54 Å². The van der Waals surface area contributed by atoms with Crippen molar-refractivity contribution in [2.45, 2.75) is 58.5 Å². The minimum Gasteiger partial charge on any atom is -0.310 e. The third kappa shape index (κ3) is 4.07. The Morgan fingerprint density at radius 2 is 1.70 bits per heavy atom. The first-order valence-electron chi connectivity index (χ1n) is 8.07. The first-order valence-corrected chi connectivity index (χ1v) is 8.07. The summed E-state index contributed by atoms with van der Waals surface area (Å²) in [4.78, 5) is 2.64. The minimum absolute atomic E-state index is 0.253. The second kappa shape index (κ2) is 6.73. The first-order chi connectivity index (χ1) is 9.52. The molecule has 1 aliphatic rings. The van der Waals surface area contributed by atoms with Crippen molar-refractivity contribution in [3.8, 4) is 0 Å². The van der Waals surface area contributed by atoms with E-state index in [1.54, 1.807) is 11.1 Å². The molecule has 1 heterocycles. The first kappa shape index (κ1) is 15.5. The average molecular weight is 274 g/mol.